The van der Waals surface area contributed by atoms with E-state index in [0.717, 1.165) is 30.2 Å². The van der Waals surface area contributed by atoms with Gasteiger partial charge in [0.2, 0.25) is 0 Å². The Hall–Kier alpha value is -2.37. The molecule has 0 spiro atoms. The number of hydrogen-bond donors (Lipinski definition) is 1. The number of carboxylic acids is 1. The fourth-order valence-corrected chi connectivity index (χ4v) is 1.99. The molecule has 0 saturated carbocycles. The first-order valence-corrected chi connectivity index (χ1v) is 6.47. The van der Waals surface area contributed by atoms with E-state index in [0.29, 0.717) is 5.75 Å². The van der Waals surface area contributed by atoms with Crippen LogP contribution in [0.1, 0.15) is 25.0 Å². The summed E-state index contributed by atoms with van der Waals surface area (Å²) in [5.74, 6) is 1.20. The van der Waals surface area contributed by atoms with E-state index in [-0.39, 0.29) is 6.61 Å². The van der Waals surface area contributed by atoms with Crippen molar-refractivity contribution in [2.75, 3.05) is 6.61 Å². The monoisotopic (exact) mass is 275 g/mol. The maximum absolute atomic E-state index is 10.5. The molecule has 1 aromatic carbocycles. The average Bonchev–Trinajstić information content (AvgIpc) is 2.78. The molecule has 0 radical (unpaired) electrons. The van der Waals surface area contributed by atoms with Gasteiger partial charge in [0.05, 0.1) is 5.69 Å². The highest BCUT2D eigenvalue weighted by Crippen LogP contribution is 2.19. The average molecular weight is 275 g/mol. The van der Waals surface area contributed by atoms with Crippen molar-refractivity contribution in [1.29, 1.82) is 0 Å². The molecule has 1 heterocycles. The highest BCUT2D eigenvalue weighted by atomic mass is 16.5. The van der Waals surface area contributed by atoms with Gasteiger partial charge in [-0.25, -0.2) is 4.79 Å². The Balaban J connectivity index is 2.30. The normalized spacial score (nSPS) is 10.5. The van der Waals surface area contributed by atoms with E-state index in [1.807, 2.05) is 23.6 Å². The van der Waals surface area contributed by atoms with Crippen molar-refractivity contribution in [1.82, 2.24) is 14.8 Å². The molecule has 0 bridgehead atoms. The predicted octanol–water partition coefficient (Wildman–Crippen LogP) is 1.99. The smallest absolute Gasteiger partial charge is 0.341 e. The molecule has 0 fully saturated rings. The Bertz CT molecular complexity index is 607. The fraction of sp³-hybridized carbons (Fsp3) is 0.357. The molecule has 106 valence electrons. The van der Waals surface area contributed by atoms with Crippen LogP contribution in [-0.4, -0.2) is 32.4 Å². The van der Waals surface area contributed by atoms with E-state index >= 15 is 0 Å². The minimum Gasteiger partial charge on any atom is -0.482 e. The van der Waals surface area contributed by atoms with Crippen LogP contribution >= 0.6 is 0 Å². The zero-order valence-corrected chi connectivity index (χ0v) is 11.5. The zero-order valence-electron chi connectivity index (χ0n) is 11.5. The lowest BCUT2D eigenvalue weighted by Gasteiger charge is -2.10. The second-order valence-electron chi connectivity index (χ2n) is 4.43. The van der Waals surface area contributed by atoms with Crippen LogP contribution in [0.5, 0.6) is 5.75 Å². The first-order chi connectivity index (χ1) is 9.61. The third-order valence-corrected chi connectivity index (χ3v) is 2.80. The summed E-state index contributed by atoms with van der Waals surface area (Å²) in [6.45, 7) is 3.62. The van der Waals surface area contributed by atoms with Crippen LogP contribution in [0.15, 0.2) is 24.3 Å². The van der Waals surface area contributed by atoms with Crippen LogP contribution in [-0.2, 0) is 11.2 Å². The Morgan fingerprint density at radius 1 is 1.40 bits per heavy atom. The second-order valence-corrected chi connectivity index (χ2v) is 4.43. The van der Waals surface area contributed by atoms with E-state index in [4.69, 9.17) is 9.84 Å². The van der Waals surface area contributed by atoms with Crippen LogP contribution in [0.4, 0.5) is 0 Å². The summed E-state index contributed by atoms with van der Waals surface area (Å²) in [7, 11) is 0. The molecule has 0 aliphatic carbocycles. The summed E-state index contributed by atoms with van der Waals surface area (Å²) >= 11 is 0. The number of rotatable bonds is 6. The molecule has 1 aromatic heterocycles. The molecule has 2 rings (SSSR count). The third-order valence-electron chi connectivity index (χ3n) is 2.80. The van der Waals surface area contributed by atoms with Gasteiger partial charge in [-0.05, 0) is 25.5 Å². The lowest BCUT2D eigenvalue weighted by molar-refractivity contribution is -0.139. The summed E-state index contributed by atoms with van der Waals surface area (Å²) in [6.07, 6.45) is 1.81. The van der Waals surface area contributed by atoms with E-state index < -0.39 is 5.97 Å². The Labute approximate surface area is 117 Å². The van der Waals surface area contributed by atoms with Crippen LogP contribution in [0.25, 0.3) is 5.69 Å². The van der Waals surface area contributed by atoms with Gasteiger partial charge < -0.3 is 9.84 Å². The highest BCUT2D eigenvalue weighted by Gasteiger charge is 2.10. The number of carboxylic acid groups (broad SMARTS) is 1. The fourth-order valence-electron chi connectivity index (χ4n) is 1.99. The molecule has 0 saturated heterocycles. The molecule has 0 aliphatic heterocycles. The molecule has 0 aliphatic rings. The third kappa shape index (κ3) is 3.14. The van der Waals surface area contributed by atoms with Gasteiger partial charge in [0.1, 0.15) is 17.4 Å². The number of benzene rings is 1. The Morgan fingerprint density at radius 3 is 2.90 bits per heavy atom. The Morgan fingerprint density at radius 2 is 2.20 bits per heavy atom. The maximum atomic E-state index is 10.5. The summed E-state index contributed by atoms with van der Waals surface area (Å²) < 4.78 is 7.15. The molecular weight excluding hydrogens is 258 g/mol. The molecule has 6 nitrogen and oxygen atoms in total. The number of carbonyl (C=O) groups is 1. The van der Waals surface area contributed by atoms with Gasteiger partial charge in [-0.2, -0.15) is 0 Å². The van der Waals surface area contributed by atoms with Crippen molar-refractivity contribution in [3.63, 3.8) is 0 Å². The van der Waals surface area contributed by atoms with Crippen LogP contribution in [0, 0.1) is 6.92 Å². The number of ether oxygens (including phenoxy) is 1. The molecule has 1 N–H and O–H groups in total. The molecule has 0 amide bonds. The van der Waals surface area contributed by atoms with Gasteiger partial charge in [0, 0.05) is 12.5 Å². The Kier molecular flexibility index (Phi) is 4.34. The van der Waals surface area contributed by atoms with Crippen molar-refractivity contribution in [3.05, 3.63) is 35.9 Å². The van der Waals surface area contributed by atoms with Crippen LogP contribution < -0.4 is 4.74 Å². The number of aryl methyl sites for hydroxylation is 2. The highest BCUT2D eigenvalue weighted by molar-refractivity contribution is 5.68. The van der Waals surface area contributed by atoms with E-state index in [9.17, 15) is 4.79 Å². The minimum absolute atomic E-state index is 0.355. The SMILES string of the molecule is CCCc1nnc(C)n1-c1cccc(OCC(=O)O)c1. The summed E-state index contributed by atoms with van der Waals surface area (Å²) in [6, 6.07) is 7.26. The second kappa shape index (κ2) is 6.18. The molecule has 2 aromatic rings. The van der Waals surface area contributed by atoms with Gasteiger partial charge in [-0.3, -0.25) is 4.57 Å². The largest absolute Gasteiger partial charge is 0.482 e. The molecule has 6 heteroatoms. The van der Waals surface area contributed by atoms with E-state index in [1.54, 1.807) is 12.1 Å². The number of nitrogens with zero attached hydrogens (tertiary/aromatic N) is 3. The van der Waals surface area contributed by atoms with Crippen molar-refractivity contribution in [2.24, 2.45) is 0 Å². The van der Waals surface area contributed by atoms with Crippen molar-refractivity contribution >= 4 is 5.97 Å². The maximum Gasteiger partial charge on any atom is 0.341 e. The first-order valence-electron chi connectivity index (χ1n) is 6.47. The van der Waals surface area contributed by atoms with E-state index in [1.165, 1.54) is 0 Å². The molecule has 0 atom stereocenters. The molecule has 20 heavy (non-hydrogen) atoms. The zero-order chi connectivity index (χ0) is 14.5. The lowest BCUT2D eigenvalue weighted by Crippen LogP contribution is -2.10. The summed E-state index contributed by atoms with van der Waals surface area (Å²) in [5, 5.41) is 16.9. The number of aromatic nitrogens is 3. The van der Waals surface area contributed by atoms with E-state index in [2.05, 4.69) is 17.1 Å². The number of aliphatic carboxylic acids is 1. The molecular formula is C14H17N3O3. The van der Waals surface area contributed by atoms with Gasteiger partial charge in [-0.15, -0.1) is 10.2 Å². The van der Waals surface area contributed by atoms with Gasteiger partial charge >= 0.3 is 5.97 Å². The standard InChI is InChI=1S/C14H17N3O3/c1-3-5-13-16-15-10(2)17(13)11-6-4-7-12(8-11)20-9-14(18)19/h4,6-8H,3,5,9H2,1-2H3,(H,18,19). The van der Waals surface area contributed by atoms with Gasteiger partial charge in [0.25, 0.3) is 0 Å². The summed E-state index contributed by atoms with van der Waals surface area (Å²) in [4.78, 5) is 10.5. The minimum atomic E-state index is -0.998. The number of hydrogen-bond acceptors (Lipinski definition) is 4. The van der Waals surface area contributed by atoms with Crippen molar-refractivity contribution < 1.29 is 14.6 Å². The summed E-state index contributed by atoms with van der Waals surface area (Å²) in [5.41, 5.74) is 0.874. The first kappa shape index (κ1) is 14.0. The van der Waals surface area contributed by atoms with Gasteiger partial charge in [-0.1, -0.05) is 13.0 Å². The topological polar surface area (TPSA) is 77.2 Å². The lowest BCUT2D eigenvalue weighted by atomic mass is 10.2. The quantitative estimate of drug-likeness (QED) is 0.872. The van der Waals surface area contributed by atoms with Gasteiger partial charge in [0.15, 0.2) is 6.61 Å². The predicted molar refractivity (Wildman–Crippen MR) is 73.2 cm³/mol. The van der Waals surface area contributed by atoms with Crippen LogP contribution in [0.3, 0.4) is 0 Å². The van der Waals surface area contributed by atoms with Crippen molar-refractivity contribution in [2.45, 2.75) is 26.7 Å². The molecule has 0 unspecified atom stereocenters. The van der Waals surface area contributed by atoms with Crippen LogP contribution in [0.2, 0.25) is 0 Å². The van der Waals surface area contributed by atoms with Crippen molar-refractivity contribution in [3.8, 4) is 11.4 Å².